The van der Waals surface area contributed by atoms with Gasteiger partial charge in [-0.3, -0.25) is 4.79 Å². The molecule has 3 aromatic carbocycles. The number of benzene rings is 3. The van der Waals surface area contributed by atoms with E-state index in [0.29, 0.717) is 10.6 Å². The number of hydrogen-bond donors (Lipinski definition) is 1. The summed E-state index contributed by atoms with van der Waals surface area (Å²) in [5, 5.41) is 3.70. The van der Waals surface area contributed by atoms with E-state index in [2.05, 4.69) is 10.2 Å². The van der Waals surface area contributed by atoms with Crippen molar-refractivity contribution in [2.24, 2.45) is 0 Å². The fourth-order valence-corrected chi connectivity index (χ4v) is 5.80. The lowest BCUT2D eigenvalue weighted by Gasteiger charge is -2.22. The smallest absolute Gasteiger partial charge is 0.341 e. The number of nitrogens with zero attached hydrogens (tertiary/aromatic N) is 2. The molecule has 0 aliphatic carbocycles. The highest BCUT2D eigenvalue weighted by atomic mass is 32.2. The third-order valence-electron chi connectivity index (χ3n) is 6.88. The van der Waals surface area contributed by atoms with Crippen molar-refractivity contribution in [3.8, 4) is 11.1 Å². The summed E-state index contributed by atoms with van der Waals surface area (Å²) in [6.45, 7) is 3.88. The first-order valence-corrected chi connectivity index (χ1v) is 14.7. The average molecular weight is 552 g/mol. The molecule has 7 heteroatoms. The van der Waals surface area contributed by atoms with Gasteiger partial charge in [0.1, 0.15) is 10.8 Å². The van der Waals surface area contributed by atoms with Gasteiger partial charge < -0.3 is 15.0 Å². The Kier molecular flexibility index (Phi) is 9.14. The van der Waals surface area contributed by atoms with Crippen molar-refractivity contribution in [1.82, 2.24) is 10.3 Å². The average Bonchev–Trinajstić information content (AvgIpc) is 3.55. The summed E-state index contributed by atoms with van der Waals surface area (Å²) in [6, 6.07) is 31.4. The summed E-state index contributed by atoms with van der Waals surface area (Å²) in [7, 11) is 0. The third kappa shape index (κ3) is 6.54. The standard InChI is InChI=1S/C33H33N3O3S/c1-2-39-33(38)30-27(24-14-6-3-7-15-24)22-28(36-20-12-13-21-36)34-32(30)40-23-29(37)35-31(25-16-8-4-9-17-25)26-18-10-5-11-19-26/h3-11,14-19,22,31H,2,12-13,20-21,23H2,1H3,(H,35,37). The van der Waals surface area contributed by atoms with Crippen LogP contribution in [0.1, 0.15) is 47.3 Å². The van der Waals surface area contributed by atoms with E-state index in [1.165, 1.54) is 11.8 Å². The van der Waals surface area contributed by atoms with E-state index in [1.54, 1.807) is 6.92 Å². The van der Waals surface area contributed by atoms with E-state index in [4.69, 9.17) is 9.72 Å². The number of pyridine rings is 1. The van der Waals surface area contributed by atoms with Crippen molar-refractivity contribution in [2.75, 3.05) is 30.3 Å². The van der Waals surface area contributed by atoms with Gasteiger partial charge in [-0.2, -0.15) is 0 Å². The Labute approximate surface area is 239 Å². The molecule has 6 nitrogen and oxygen atoms in total. The number of esters is 1. The minimum absolute atomic E-state index is 0.104. The van der Waals surface area contributed by atoms with Crippen molar-refractivity contribution in [3.63, 3.8) is 0 Å². The van der Waals surface area contributed by atoms with Gasteiger partial charge in [0.15, 0.2) is 0 Å². The Balaban J connectivity index is 1.46. The molecule has 40 heavy (non-hydrogen) atoms. The summed E-state index contributed by atoms with van der Waals surface area (Å²) in [6.07, 6.45) is 2.21. The molecule has 0 atom stereocenters. The molecule has 4 aromatic rings. The highest BCUT2D eigenvalue weighted by Crippen LogP contribution is 2.36. The van der Waals surface area contributed by atoms with E-state index in [9.17, 15) is 9.59 Å². The molecule has 2 heterocycles. The summed E-state index contributed by atoms with van der Waals surface area (Å²) in [4.78, 5) is 33.8. The fourth-order valence-electron chi connectivity index (χ4n) is 4.95. The number of carbonyl (C=O) groups is 2. The van der Waals surface area contributed by atoms with E-state index in [0.717, 1.165) is 54.0 Å². The van der Waals surface area contributed by atoms with E-state index < -0.39 is 5.97 Å². The first-order valence-electron chi connectivity index (χ1n) is 13.7. The van der Waals surface area contributed by atoms with E-state index in [1.807, 2.05) is 97.1 Å². The van der Waals surface area contributed by atoms with Crippen LogP contribution in [0.5, 0.6) is 0 Å². The number of rotatable bonds is 10. The fraction of sp³-hybridized carbons (Fsp3) is 0.242. The number of anilines is 1. The van der Waals surface area contributed by atoms with Crippen LogP contribution in [0.15, 0.2) is 102 Å². The summed E-state index contributed by atoms with van der Waals surface area (Å²) in [5.41, 5.74) is 4.08. The lowest BCUT2D eigenvalue weighted by Crippen LogP contribution is -2.30. The van der Waals surface area contributed by atoms with E-state index >= 15 is 0 Å². The zero-order chi connectivity index (χ0) is 27.7. The molecule has 1 aliphatic rings. The molecule has 1 aromatic heterocycles. The zero-order valence-corrected chi connectivity index (χ0v) is 23.4. The quantitative estimate of drug-likeness (QED) is 0.179. The lowest BCUT2D eigenvalue weighted by molar-refractivity contribution is -0.119. The normalized spacial score (nSPS) is 12.9. The van der Waals surface area contributed by atoms with Gasteiger partial charge in [-0.05, 0) is 42.5 Å². The van der Waals surface area contributed by atoms with E-state index in [-0.39, 0.29) is 24.3 Å². The van der Waals surface area contributed by atoms with Crippen LogP contribution in [0.3, 0.4) is 0 Å². The van der Waals surface area contributed by atoms with Crippen molar-refractivity contribution in [2.45, 2.75) is 30.8 Å². The van der Waals surface area contributed by atoms with Crippen LogP contribution in [0.4, 0.5) is 5.82 Å². The topological polar surface area (TPSA) is 71.5 Å². The molecule has 0 bridgehead atoms. The monoisotopic (exact) mass is 551 g/mol. The lowest BCUT2D eigenvalue weighted by atomic mass is 9.99. The van der Waals surface area contributed by atoms with Crippen LogP contribution in [-0.2, 0) is 9.53 Å². The Morgan fingerprint density at radius 3 is 2.05 bits per heavy atom. The highest BCUT2D eigenvalue weighted by molar-refractivity contribution is 8.00. The van der Waals surface area contributed by atoms with Crippen molar-refractivity contribution >= 4 is 29.5 Å². The molecule has 0 radical (unpaired) electrons. The molecule has 0 saturated carbocycles. The van der Waals surface area contributed by atoms with Crippen LogP contribution in [0.25, 0.3) is 11.1 Å². The molecular formula is C33H33N3O3S. The second kappa shape index (κ2) is 13.3. The van der Waals surface area contributed by atoms with Gasteiger partial charge in [0, 0.05) is 18.7 Å². The highest BCUT2D eigenvalue weighted by Gasteiger charge is 2.26. The Bertz CT molecular complexity index is 1390. The number of nitrogens with one attached hydrogen (secondary N) is 1. The van der Waals surface area contributed by atoms with Gasteiger partial charge in [-0.15, -0.1) is 0 Å². The van der Waals surface area contributed by atoms with Crippen LogP contribution in [-0.4, -0.2) is 42.3 Å². The van der Waals surface area contributed by atoms with Crippen LogP contribution in [0.2, 0.25) is 0 Å². The summed E-state index contributed by atoms with van der Waals surface area (Å²) in [5.74, 6) is 0.342. The van der Waals surface area contributed by atoms with Crippen LogP contribution < -0.4 is 10.2 Å². The molecule has 1 amide bonds. The zero-order valence-electron chi connectivity index (χ0n) is 22.6. The maximum atomic E-state index is 13.4. The van der Waals surface area contributed by atoms with Crippen LogP contribution >= 0.6 is 11.8 Å². The predicted octanol–water partition coefficient (Wildman–Crippen LogP) is 6.52. The molecular weight excluding hydrogens is 518 g/mol. The SMILES string of the molecule is CCOC(=O)c1c(-c2ccccc2)cc(N2CCCC2)nc1SCC(=O)NC(c1ccccc1)c1ccccc1. The number of ether oxygens (including phenoxy) is 1. The molecule has 1 saturated heterocycles. The van der Waals surface area contributed by atoms with Gasteiger partial charge in [0.25, 0.3) is 0 Å². The molecule has 1 fully saturated rings. The summed E-state index contributed by atoms with van der Waals surface area (Å²) >= 11 is 1.27. The molecule has 0 unspecified atom stereocenters. The summed E-state index contributed by atoms with van der Waals surface area (Å²) < 4.78 is 5.48. The van der Waals surface area contributed by atoms with Gasteiger partial charge in [0.2, 0.25) is 5.91 Å². The van der Waals surface area contributed by atoms with Gasteiger partial charge in [-0.25, -0.2) is 9.78 Å². The number of amides is 1. The second-order valence-electron chi connectivity index (χ2n) is 9.60. The molecule has 0 spiro atoms. The van der Waals surface area contributed by atoms with Gasteiger partial charge in [0.05, 0.1) is 24.0 Å². The van der Waals surface area contributed by atoms with Crippen molar-refractivity contribution in [1.29, 1.82) is 0 Å². The molecule has 1 aliphatic heterocycles. The second-order valence-corrected chi connectivity index (χ2v) is 10.6. The first-order chi connectivity index (χ1) is 19.6. The maximum Gasteiger partial charge on any atom is 0.341 e. The van der Waals surface area contributed by atoms with Crippen LogP contribution in [0, 0.1) is 0 Å². The number of thioether (sulfide) groups is 1. The largest absolute Gasteiger partial charge is 0.462 e. The van der Waals surface area contributed by atoms with Gasteiger partial charge in [-0.1, -0.05) is 103 Å². The van der Waals surface area contributed by atoms with Gasteiger partial charge >= 0.3 is 5.97 Å². The number of carbonyl (C=O) groups excluding carboxylic acids is 2. The predicted molar refractivity (Wildman–Crippen MR) is 161 cm³/mol. The number of aromatic nitrogens is 1. The molecule has 1 N–H and O–H groups in total. The minimum atomic E-state index is -0.434. The Morgan fingerprint density at radius 1 is 0.900 bits per heavy atom. The first kappa shape index (κ1) is 27.5. The third-order valence-corrected chi connectivity index (χ3v) is 7.85. The molecule has 5 rings (SSSR count). The Morgan fingerprint density at radius 2 is 1.48 bits per heavy atom. The maximum absolute atomic E-state index is 13.4. The Hall–Kier alpha value is -4.10. The molecule has 204 valence electrons. The van der Waals surface area contributed by atoms with Crippen molar-refractivity contribution in [3.05, 3.63) is 114 Å². The van der Waals surface area contributed by atoms with Crippen molar-refractivity contribution < 1.29 is 14.3 Å². The minimum Gasteiger partial charge on any atom is -0.462 e. The number of hydrogen-bond acceptors (Lipinski definition) is 6.